The number of hydrogen-bond donors (Lipinski definition) is 3. The molecule has 1 unspecified atom stereocenters. The van der Waals surface area contributed by atoms with Crippen LogP contribution in [0.3, 0.4) is 0 Å². The molecule has 4 rings (SSSR count). The lowest BCUT2D eigenvalue weighted by molar-refractivity contribution is -0.137. The molecule has 2 amide bonds. The first-order valence-corrected chi connectivity index (χ1v) is 13.0. The van der Waals surface area contributed by atoms with Crippen LogP contribution in [-0.4, -0.2) is 60.1 Å². The summed E-state index contributed by atoms with van der Waals surface area (Å²) in [7, 11) is 1.85. The van der Waals surface area contributed by atoms with Crippen LogP contribution in [0.4, 0.5) is 16.2 Å². The van der Waals surface area contributed by atoms with Crippen LogP contribution < -0.4 is 16.2 Å². The molecule has 1 fully saturated rings. The normalized spacial score (nSPS) is 16.4. The molecule has 0 aromatic heterocycles. The van der Waals surface area contributed by atoms with Crippen molar-refractivity contribution in [2.75, 3.05) is 44.0 Å². The topological polar surface area (TPSA) is 102 Å². The van der Waals surface area contributed by atoms with Crippen molar-refractivity contribution in [1.29, 1.82) is 0 Å². The molecule has 0 spiro atoms. The highest BCUT2D eigenvalue weighted by Crippen LogP contribution is 2.37. The van der Waals surface area contributed by atoms with E-state index in [4.69, 9.17) is 5.73 Å². The molecular formula is C28H39N5O3. The SMILES string of the molecule is CCN(NC)c1ccc(C(CC(=O)O)c2ccc3c(c2)CN(C(=O)N2CCCCC2)CC3)c(C)c1N. The zero-order valence-corrected chi connectivity index (χ0v) is 21.7. The molecule has 2 aromatic carbocycles. The second kappa shape index (κ2) is 11.2. The number of carboxylic acids is 1. The van der Waals surface area contributed by atoms with Crippen LogP contribution in [0.15, 0.2) is 30.3 Å². The number of anilines is 2. The van der Waals surface area contributed by atoms with Crippen molar-refractivity contribution in [2.24, 2.45) is 0 Å². The number of carbonyl (C=O) groups is 2. The van der Waals surface area contributed by atoms with Gasteiger partial charge in [-0.15, -0.1) is 0 Å². The van der Waals surface area contributed by atoms with Crippen molar-refractivity contribution >= 4 is 23.4 Å². The van der Waals surface area contributed by atoms with Gasteiger partial charge in [-0.25, -0.2) is 10.2 Å². The predicted octanol–water partition coefficient (Wildman–Crippen LogP) is 4.11. The van der Waals surface area contributed by atoms with Gasteiger partial charge in [0, 0.05) is 45.7 Å². The van der Waals surface area contributed by atoms with Gasteiger partial charge in [-0.2, -0.15) is 0 Å². The number of rotatable bonds is 7. The van der Waals surface area contributed by atoms with Gasteiger partial charge in [0.1, 0.15) is 0 Å². The molecule has 2 aliphatic heterocycles. The Kier molecular flexibility index (Phi) is 8.04. The minimum atomic E-state index is -0.855. The van der Waals surface area contributed by atoms with Gasteiger partial charge in [-0.3, -0.25) is 4.79 Å². The number of amides is 2. The highest BCUT2D eigenvalue weighted by atomic mass is 16.4. The average molecular weight is 494 g/mol. The number of likely N-dealkylation sites (tertiary alicyclic amines) is 1. The molecule has 0 aliphatic carbocycles. The minimum absolute atomic E-state index is 0.0294. The number of hydrogen-bond acceptors (Lipinski definition) is 5. The molecule has 0 radical (unpaired) electrons. The first kappa shape index (κ1) is 25.8. The molecule has 1 saturated heterocycles. The Bertz CT molecular complexity index is 1110. The van der Waals surface area contributed by atoms with Gasteiger partial charge in [-0.05, 0) is 73.4 Å². The van der Waals surface area contributed by atoms with Crippen LogP contribution in [0.25, 0.3) is 0 Å². The number of nitrogens with zero attached hydrogens (tertiary/aromatic N) is 3. The molecule has 2 aromatic rings. The summed E-state index contributed by atoms with van der Waals surface area (Å²) in [6.07, 6.45) is 4.12. The highest BCUT2D eigenvalue weighted by molar-refractivity contribution is 5.76. The van der Waals surface area contributed by atoms with Crippen molar-refractivity contribution in [3.8, 4) is 0 Å². The monoisotopic (exact) mass is 493 g/mol. The number of benzene rings is 2. The Morgan fingerprint density at radius 1 is 1.08 bits per heavy atom. The molecule has 36 heavy (non-hydrogen) atoms. The molecular weight excluding hydrogens is 454 g/mol. The van der Waals surface area contributed by atoms with E-state index >= 15 is 0 Å². The number of piperidine rings is 1. The molecule has 8 heteroatoms. The maximum atomic E-state index is 13.1. The molecule has 2 heterocycles. The lowest BCUT2D eigenvalue weighted by Crippen LogP contribution is -2.47. The number of carbonyl (C=O) groups excluding carboxylic acids is 1. The number of carboxylic acid groups (broad SMARTS) is 1. The summed E-state index contributed by atoms with van der Waals surface area (Å²) in [5, 5.41) is 11.7. The number of nitrogens with one attached hydrogen (secondary N) is 1. The van der Waals surface area contributed by atoms with Gasteiger partial charge in [0.05, 0.1) is 17.8 Å². The molecule has 0 bridgehead atoms. The van der Waals surface area contributed by atoms with Crippen molar-refractivity contribution in [3.05, 3.63) is 58.1 Å². The van der Waals surface area contributed by atoms with Crippen molar-refractivity contribution in [1.82, 2.24) is 15.2 Å². The molecule has 0 saturated carbocycles. The maximum absolute atomic E-state index is 13.1. The number of nitrogen functional groups attached to an aromatic ring is 1. The van der Waals surface area contributed by atoms with E-state index in [1.165, 1.54) is 12.0 Å². The van der Waals surface area contributed by atoms with E-state index in [2.05, 4.69) is 17.6 Å². The lowest BCUT2D eigenvalue weighted by atomic mass is 9.83. The van der Waals surface area contributed by atoms with Crippen LogP contribution in [0.1, 0.15) is 66.3 Å². The van der Waals surface area contributed by atoms with Crippen molar-refractivity contribution in [2.45, 2.75) is 58.4 Å². The maximum Gasteiger partial charge on any atom is 0.320 e. The van der Waals surface area contributed by atoms with E-state index < -0.39 is 5.97 Å². The van der Waals surface area contributed by atoms with E-state index in [0.717, 1.165) is 73.4 Å². The van der Waals surface area contributed by atoms with Crippen molar-refractivity contribution in [3.63, 3.8) is 0 Å². The average Bonchev–Trinajstić information content (AvgIpc) is 2.90. The number of nitrogens with two attached hydrogens (primary N) is 1. The molecule has 1 atom stereocenters. The molecule has 4 N–H and O–H groups in total. The van der Waals surface area contributed by atoms with Gasteiger partial charge < -0.3 is 25.6 Å². The number of fused-ring (bicyclic) bond motifs is 1. The Labute approximate surface area is 214 Å². The Morgan fingerprint density at radius 3 is 2.50 bits per heavy atom. The zero-order valence-electron chi connectivity index (χ0n) is 21.7. The summed E-state index contributed by atoms with van der Waals surface area (Å²) in [4.78, 5) is 29.0. The number of aliphatic carboxylic acids is 1. The highest BCUT2D eigenvalue weighted by Gasteiger charge is 2.28. The van der Waals surface area contributed by atoms with E-state index in [-0.39, 0.29) is 18.4 Å². The van der Waals surface area contributed by atoms with E-state index in [1.807, 2.05) is 53.9 Å². The summed E-state index contributed by atoms with van der Waals surface area (Å²) in [6.45, 7) is 7.70. The quantitative estimate of drug-likeness (QED) is 0.396. The summed E-state index contributed by atoms with van der Waals surface area (Å²) in [5.74, 6) is -1.19. The van der Waals surface area contributed by atoms with Crippen LogP contribution >= 0.6 is 0 Å². The first-order chi connectivity index (χ1) is 17.3. The fraction of sp³-hybridized carbons (Fsp3) is 0.500. The minimum Gasteiger partial charge on any atom is -0.481 e. The summed E-state index contributed by atoms with van der Waals surface area (Å²) >= 11 is 0. The lowest BCUT2D eigenvalue weighted by Gasteiger charge is -2.36. The number of hydrazine groups is 1. The predicted molar refractivity (Wildman–Crippen MR) is 143 cm³/mol. The van der Waals surface area contributed by atoms with E-state index in [9.17, 15) is 14.7 Å². The molecule has 8 nitrogen and oxygen atoms in total. The Morgan fingerprint density at radius 2 is 1.83 bits per heavy atom. The van der Waals surface area contributed by atoms with Crippen LogP contribution in [0.2, 0.25) is 0 Å². The van der Waals surface area contributed by atoms with Gasteiger partial charge in [0.15, 0.2) is 0 Å². The zero-order chi connectivity index (χ0) is 25.8. The van der Waals surface area contributed by atoms with Gasteiger partial charge >= 0.3 is 12.0 Å². The van der Waals surface area contributed by atoms with Gasteiger partial charge in [0.2, 0.25) is 0 Å². The second-order valence-corrected chi connectivity index (χ2v) is 9.86. The third-order valence-electron chi connectivity index (χ3n) is 7.71. The largest absolute Gasteiger partial charge is 0.481 e. The van der Waals surface area contributed by atoms with Crippen molar-refractivity contribution < 1.29 is 14.7 Å². The fourth-order valence-corrected chi connectivity index (χ4v) is 5.62. The first-order valence-electron chi connectivity index (χ1n) is 13.0. The summed E-state index contributed by atoms with van der Waals surface area (Å²) in [6, 6.07) is 10.3. The Hall–Kier alpha value is -3.26. The standard InChI is InChI=1S/C28H39N5O3/c1-4-33(30-3)25-11-10-23(19(2)27(25)29)24(17-26(34)35)21-9-8-20-12-15-32(18-22(20)16-21)28(36)31-13-6-5-7-14-31/h8-11,16,24,30H,4-7,12-15,17-18,29H2,1-3H3,(H,34,35). The molecule has 2 aliphatic rings. The Balaban J connectivity index is 1.64. The van der Waals surface area contributed by atoms with Gasteiger partial charge in [-0.1, -0.05) is 24.3 Å². The summed E-state index contributed by atoms with van der Waals surface area (Å²) in [5.41, 5.74) is 16.3. The smallest absolute Gasteiger partial charge is 0.320 e. The third kappa shape index (κ3) is 5.28. The fourth-order valence-electron chi connectivity index (χ4n) is 5.62. The van der Waals surface area contributed by atoms with Crippen LogP contribution in [-0.2, 0) is 17.8 Å². The van der Waals surface area contributed by atoms with Crippen LogP contribution in [0, 0.1) is 6.92 Å². The van der Waals surface area contributed by atoms with Crippen LogP contribution in [0.5, 0.6) is 0 Å². The van der Waals surface area contributed by atoms with Gasteiger partial charge in [0.25, 0.3) is 0 Å². The molecule has 194 valence electrons. The second-order valence-electron chi connectivity index (χ2n) is 9.86. The van der Waals surface area contributed by atoms with E-state index in [1.54, 1.807) is 0 Å². The van der Waals surface area contributed by atoms with E-state index in [0.29, 0.717) is 12.2 Å². The number of urea groups is 1. The summed E-state index contributed by atoms with van der Waals surface area (Å²) < 4.78 is 0. The third-order valence-corrected chi connectivity index (χ3v) is 7.71.